The Kier molecular flexibility index (Phi) is 5.62. The van der Waals surface area contributed by atoms with Crippen molar-refractivity contribution in [2.45, 2.75) is 31.8 Å². The van der Waals surface area contributed by atoms with Crippen LogP contribution in [0, 0.1) is 0 Å². The van der Waals surface area contributed by atoms with Gasteiger partial charge in [0, 0.05) is 24.7 Å². The minimum absolute atomic E-state index is 0.303. The summed E-state index contributed by atoms with van der Waals surface area (Å²) in [7, 11) is 0. The Balaban J connectivity index is 1.82. The number of rotatable bonds is 5. The quantitative estimate of drug-likeness (QED) is 0.848. The highest BCUT2D eigenvalue weighted by Crippen LogP contribution is 2.24. The molecule has 1 fully saturated rings. The molecule has 0 atom stereocenters. The Hall–Kier alpha value is -1.10. The van der Waals surface area contributed by atoms with Gasteiger partial charge in [0.05, 0.1) is 6.61 Å². The predicted octanol–water partition coefficient (Wildman–Crippen LogP) is 2.27. The first-order chi connectivity index (χ1) is 10.0. The number of hydrogen-bond acceptors (Lipinski definition) is 4. The number of esters is 1. The molecule has 0 bridgehead atoms. The van der Waals surface area contributed by atoms with Crippen LogP contribution in [0.1, 0.15) is 25.3 Å². The van der Waals surface area contributed by atoms with Crippen LogP contribution in [-0.4, -0.2) is 47.8 Å². The molecule has 1 N–H and O–H groups in total. The molecule has 1 aliphatic heterocycles. The summed E-state index contributed by atoms with van der Waals surface area (Å²) in [6.45, 7) is 4.32. The third kappa shape index (κ3) is 4.19. The maximum atomic E-state index is 11.7. The molecule has 1 aromatic carbocycles. The SMILES string of the molecule is CCOC(=O)C1(O)CCN(CCc2ccccc2Cl)CC1. The summed E-state index contributed by atoms with van der Waals surface area (Å²) in [4.78, 5) is 14.0. The minimum atomic E-state index is -1.31. The lowest BCUT2D eigenvalue weighted by Gasteiger charge is -2.36. The maximum absolute atomic E-state index is 11.7. The van der Waals surface area contributed by atoms with Crippen molar-refractivity contribution in [3.05, 3.63) is 34.9 Å². The average Bonchev–Trinajstić information content (AvgIpc) is 2.48. The van der Waals surface area contributed by atoms with Crippen molar-refractivity contribution < 1.29 is 14.6 Å². The topological polar surface area (TPSA) is 49.8 Å². The van der Waals surface area contributed by atoms with E-state index in [0.717, 1.165) is 23.6 Å². The Bertz CT molecular complexity index is 484. The van der Waals surface area contributed by atoms with Crippen LogP contribution in [0.4, 0.5) is 0 Å². The molecule has 116 valence electrons. The third-order valence-corrected chi connectivity index (χ3v) is 4.36. The van der Waals surface area contributed by atoms with Gasteiger partial charge in [-0.25, -0.2) is 4.79 Å². The van der Waals surface area contributed by atoms with Gasteiger partial charge in [0.25, 0.3) is 0 Å². The maximum Gasteiger partial charge on any atom is 0.338 e. The molecule has 2 rings (SSSR count). The molecule has 0 aliphatic carbocycles. The number of aliphatic hydroxyl groups is 1. The van der Waals surface area contributed by atoms with Crippen LogP contribution in [0.3, 0.4) is 0 Å². The molecule has 0 spiro atoms. The summed E-state index contributed by atoms with van der Waals surface area (Å²) in [5.74, 6) is -0.490. The van der Waals surface area contributed by atoms with E-state index in [2.05, 4.69) is 4.90 Å². The highest BCUT2D eigenvalue weighted by molar-refractivity contribution is 6.31. The van der Waals surface area contributed by atoms with Crippen LogP contribution in [0.25, 0.3) is 0 Å². The Morgan fingerprint density at radius 2 is 2.05 bits per heavy atom. The first kappa shape index (κ1) is 16.3. The molecule has 4 nitrogen and oxygen atoms in total. The van der Waals surface area contributed by atoms with Gasteiger partial charge in [0.2, 0.25) is 0 Å². The highest BCUT2D eigenvalue weighted by atomic mass is 35.5. The zero-order valence-corrected chi connectivity index (χ0v) is 13.1. The standard InChI is InChI=1S/C16H22ClNO3/c1-2-21-15(19)16(20)8-11-18(12-9-16)10-7-13-5-3-4-6-14(13)17/h3-6,20H,2,7-12H2,1H3. The molecule has 0 amide bonds. The van der Waals surface area contributed by atoms with E-state index in [1.54, 1.807) is 6.92 Å². The number of benzene rings is 1. The number of piperidine rings is 1. The Morgan fingerprint density at radius 3 is 2.67 bits per heavy atom. The highest BCUT2D eigenvalue weighted by Gasteiger charge is 2.40. The number of carbonyl (C=O) groups is 1. The van der Waals surface area contributed by atoms with Gasteiger partial charge in [-0.15, -0.1) is 0 Å². The van der Waals surface area contributed by atoms with Crippen LogP contribution in [-0.2, 0) is 16.0 Å². The van der Waals surface area contributed by atoms with Gasteiger partial charge < -0.3 is 14.7 Å². The van der Waals surface area contributed by atoms with Gasteiger partial charge in [0.1, 0.15) is 0 Å². The number of likely N-dealkylation sites (tertiary alicyclic amines) is 1. The van der Waals surface area contributed by atoms with E-state index in [1.807, 2.05) is 24.3 Å². The summed E-state index contributed by atoms with van der Waals surface area (Å²) in [5, 5.41) is 11.1. The predicted molar refractivity (Wildman–Crippen MR) is 82.4 cm³/mol. The zero-order chi connectivity index (χ0) is 15.3. The fourth-order valence-corrected chi connectivity index (χ4v) is 2.83. The van der Waals surface area contributed by atoms with Crippen molar-refractivity contribution in [3.8, 4) is 0 Å². The van der Waals surface area contributed by atoms with Crippen LogP contribution in [0.5, 0.6) is 0 Å². The summed E-state index contributed by atoms with van der Waals surface area (Å²) in [6, 6.07) is 7.83. The number of ether oxygens (including phenoxy) is 1. The van der Waals surface area contributed by atoms with Crippen molar-refractivity contribution >= 4 is 17.6 Å². The normalized spacial score (nSPS) is 18.4. The van der Waals surface area contributed by atoms with Crippen molar-refractivity contribution in [1.29, 1.82) is 0 Å². The van der Waals surface area contributed by atoms with Crippen molar-refractivity contribution in [1.82, 2.24) is 4.90 Å². The molecule has 1 aromatic rings. The van der Waals surface area contributed by atoms with E-state index in [0.29, 0.717) is 32.5 Å². The summed E-state index contributed by atoms with van der Waals surface area (Å²) < 4.78 is 4.94. The lowest BCUT2D eigenvalue weighted by Crippen LogP contribution is -2.50. The fraction of sp³-hybridized carbons (Fsp3) is 0.562. The molecular formula is C16H22ClNO3. The van der Waals surface area contributed by atoms with Crippen LogP contribution in [0.2, 0.25) is 5.02 Å². The second-order valence-electron chi connectivity index (χ2n) is 5.44. The van der Waals surface area contributed by atoms with Crippen molar-refractivity contribution in [2.24, 2.45) is 0 Å². The van der Waals surface area contributed by atoms with Crippen molar-refractivity contribution in [2.75, 3.05) is 26.2 Å². The monoisotopic (exact) mass is 311 g/mol. The van der Waals surface area contributed by atoms with E-state index in [9.17, 15) is 9.90 Å². The molecule has 0 unspecified atom stereocenters. The second-order valence-corrected chi connectivity index (χ2v) is 5.84. The molecule has 1 heterocycles. The van der Waals surface area contributed by atoms with Crippen LogP contribution < -0.4 is 0 Å². The number of carbonyl (C=O) groups excluding carboxylic acids is 1. The van der Waals surface area contributed by atoms with E-state index in [1.165, 1.54) is 0 Å². The first-order valence-corrected chi connectivity index (χ1v) is 7.78. The Labute approximate surface area is 130 Å². The molecular weight excluding hydrogens is 290 g/mol. The van der Waals surface area contributed by atoms with E-state index >= 15 is 0 Å². The molecule has 1 aliphatic rings. The molecule has 5 heteroatoms. The van der Waals surface area contributed by atoms with Crippen molar-refractivity contribution in [3.63, 3.8) is 0 Å². The summed E-state index contributed by atoms with van der Waals surface area (Å²) in [6.07, 6.45) is 1.72. The second kappa shape index (κ2) is 7.25. The first-order valence-electron chi connectivity index (χ1n) is 7.40. The molecule has 0 saturated carbocycles. The van der Waals surface area contributed by atoms with Crippen LogP contribution >= 0.6 is 11.6 Å². The van der Waals surface area contributed by atoms with Gasteiger partial charge in [-0.3, -0.25) is 0 Å². The fourth-order valence-electron chi connectivity index (χ4n) is 2.60. The van der Waals surface area contributed by atoms with Gasteiger partial charge >= 0.3 is 5.97 Å². The van der Waals surface area contributed by atoms with Gasteiger partial charge in [-0.1, -0.05) is 29.8 Å². The molecule has 1 saturated heterocycles. The number of hydrogen-bond donors (Lipinski definition) is 1. The molecule has 0 aromatic heterocycles. The van der Waals surface area contributed by atoms with E-state index < -0.39 is 11.6 Å². The smallest absolute Gasteiger partial charge is 0.338 e. The van der Waals surface area contributed by atoms with Gasteiger partial charge in [-0.05, 0) is 37.8 Å². The molecule has 0 radical (unpaired) electrons. The largest absolute Gasteiger partial charge is 0.464 e. The third-order valence-electron chi connectivity index (χ3n) is 3.99. The van der Waals surface area contributed by atoms with E-state index in [4.69, 9.17) is 16.3 Å². The average molecular weight is 312 g/mol. The lowest BCUT2D eigenvalue weighted by atomic mass is 9.91. The van der Waals surface area contributed by atoms with Gasteiger partial charge in [0.15, 0.2) is 5.60 Å². The van der Waals surface area contributed by atoms with Crippen LogP contribution in [0.15, 0.2) is 24.3 Å². The summed E-state index contributed by atoms with van der Waals surface area (Å²) in [5.41, 5.74) is -0.179. The molecule has 21 heavy (non-hydrogen) atoms. The van der Waals surface area contributed by atoms with E-state index in [-0.39, 0.29) is 0 Å². The zero-order valence-electron chi connectivity index (χ0n) is 12.3. The Morgan fingerprint density at radius 1 is 1.38 bits per heavy atom. The lowest BCUT2D eigenvalue weighted by molar-refractivity contribution is -0.170. The minimum Gasteiger partial charge on any atom is -0.464 e. The van der Waals surface area contributed by atoms with Gasteiger partial charge in [-0.2, -0.15) is 0 Å². The summed E-state index contributed by atoms with van der Waals surface area (Å²) >= 11 is 6.14. The number of nitrogens with zero attached hydrogens (tertiary/aromatic N) is 1. The number of halogens is 1.